The lowest BCUT2D eigenvalue weighted by Gasteiger charge is -2.18. The number of hydrogen-bond donors (Lipinski definition) is 2. The quantitative estimate of drug-likeness (QED) is 0.814. The number of nitrogens with zero attached hydrogens (tertiary/aromatic N) is 2. The van der Waals surface area contributed by atoms with Gasteiger partial charge in [-0.1, -0.05) is 27.7 Å². The SMILES string of the molecule is CCCNc1nc(NCCC(C)(C)C)c2cc(C)sc2n1. The Kier molecular flexibility index (Phi) is 5.04. The Morgan fingerprint density at radius 2 is 1.90 bits per heavy atom. The summed E-state index contributed by atoms with van der Waals surface area (Å²) in [5.41, 5.74) is 0.326. The van der Waals surface area contributed by atoms with Crippen molar-refractivity contribution in [3.63, 3.8) is 0 Å². The topological polar surface area (TPSA) is 49.8 Å². The van der Waals surface area contributed by atoms with Crippen molar-refractivity contribution in [1.82, 2.24) is 9.97 Å². The normalized spacial score (nSPS) is 11.9. The van der Waals surface area contributed by atoms with Crippen LogP contribution in [0.5, 0.6) is 0 Å². The molecule has 0 unspecified atom stereocenters. The van der Waals surface area contributed by atoms with Crippen LogP contribution in [0.1, 0.15) is 45.4 Å². The van der Waals surface area contributed by atoms with E-state index in [-0.39, 0.29) is 0 Å². The first-order valence-corrected chi connectivity index (χ1v) is 8.46. The van der Waals surface area contributed by atoms with Gasteiger partial charge in [-0.3, -0.25) is 0 Å². The van der Waals surface area contributed by atoms with Crippen LogP contribution in [-0.2, 0) is 0 Å². The van der Waals surface area contributed by atoms with Crippen LogP contribution in [0.15, 0.2) is 6.07 Å². The molecule has 0 amide bonds. The number of thiophene rings is 1. The van der Waals surface area contributed by atoms with E-state index in [0.29, 0.717) is 5.41 Å². The second-order valence-corrected chi connectivity index (χ2v) is 7.87. The van der Waals surface area contributed by atoms with Gasteiger partial charge >= 0.3 is 0 Å². The minimum absolute atomic E-state index is 0.326. The first kappa shape index (κ1) is 16.0. The van der Waals surface area contributed by atoms with Gasteiger partial charge in [-0.25, -0.2) is 4.98 Å². The molecule has 0 spiro atoms. The summed E-state index contributed by atoms with van der Waals surface area (Å²) in [6.07, 6.45) is 2.18. The van der Waals surface area contributed by atoms with Crippen molar-refractivity contribution in [1.29, 1.82) is 0 Å². The first-order valence-electron chi connectivity index (χ1n) is 7.65. The number of fused-ring (bicyclic) bond motifs is 1. The highest BCUT2D eigenvalue weighted by Crippen LogP contribution is 2.30. The molecule has 2 heterocycles. The fourth-order valence-corrected chi connectivity index (χ4v) is 2.93. The van der Waals surface area contributed by atoms with Gasteiger partial charge in [0.1, 0.15) is 10.6 Å². The molecule has 0 aliphatic carbocycles. The zero-order valence-electron chi connectivity index (χ0n) is 13.7. The summed E-state index contributed by atoms with van der Waals surface area (Å²) in [4.78, 5) is 11.6. The molecule has 2 rings (SSSR count). The van der Waals surface area contributed by atoms with Crippen LogP contribution in [0.4, 0.5) is 11.8 Å². The fourth-order valence-electron chi connectivity index (χ4n) is 2.05. The Bertz CT molecular complexity index is 598. The summed E-state index contributed by atoms with van der Waals surface area (Å²) in [7, 11) is 0. The van der Waals surface area contributed by atoms with Crippen molar-refractivity contribution in [2.75, 3.05) is 23.7 Å². The molecule has 2 aromatic rings. The van der Waals surface area contributed by atoms with E-state index in [4.69, 9.17) is 0 Å². The zero-order valence-corrected chi connectivity index (χ0v) is 14.5. The molecule has 4 nitrogen and oxygen atoms in total. The highest BCUT2D eigenvalue weighted by atomic mass is 32.1. The summed E-state index contributed by atoms with van der Waals surface area (Å²) in [5, 5.41) is 7.91. The highest BCUT2D eigenvalue weighted by Gasteiger charge is 2.13. The maximum absolute atomic E-state index is 4.64. The summed E-state index contributed by atoms with van der Waals surface area (Å²) in [6.45, 7) is 12.9. The molecule has 0 aliphatic heterocycles. The minimum Gasteiger partial charge on any atom is -0.369 e. The average Bonchev–Trinajstić information content (AvgIpc) is 2.75. The lowest BCUT2D eigenvalue weighted by molar-refractivity contribution is 0.389. The molecule has 116 valence electrons. The number of aryl methyl sites for hydroxylation is 1. The zero-order chi connectivity index (χ0) is 15.5. The third-order valence-corrected chi connectivity index (χ3v) is 4.16. The van der Waals surface area contributed by atoms with Crippen molar-refractivity contribution in [2.24, 2.45) is 5.41 Å². The van der Waals surface area contributed by atoms with Crippen molar-refractivity contribution >= 4 is 33.3 Å². The van der Waals surface area contributed by atoms with Crippen LogP contribution in [0.25, 0.3) is 10.2 Å². The molecule has 5 heteroatoms. The Hall–Kier alpha value is -1.36. The number of anilines is 2. The van der Waals surface area contributed by atoms with Gasteiger partial charge < -0.3 is 10.6 Å². The van der Waals surface area contributed by atoms with Crippen molar-refractivity contribution in [2.45, 2.75) is 47.5 Å². The molecule has 2 N–H and O–H groups in total. The average molecular weight is 306 g/mol. The van der Waals surface area contributed by atoms with E-state index in [1.807, 2.05) is 0 Å². The lowest BCUT2D eigenvalue weighted by atomic mass is 9.92. The fraction of sp³-hybridized carbons (Fsp3) is 0.625. The van der Waals surface area contributed by atoms with E-state index in [1.54, 1.807) is 11.3 Å². The van der Waals surface area contributed by atoms with Gasteiger partial charge in [-0.15, -0.1) is 11.3 Å². The molecular formula is C16H26N4S. The van der Waals surface area contributed by atoms with Crippen LogP contribution in [0, 0.1) is 12.3 Å². The third kappa shape index (κ3) is 4.56. The number of hydrogen-bond acceptors (Lipinski definition) is 5. The van der Waals surface area contributed by atoms with E-state index in [9.17, 15) is 0 Å². The number of rotatable bonds is 6. The Labute approximate surface area is 131 Å². The summed E-state index contributed by atoms with van der Waals surface area (Å²) in [6, 6.07) is 2.17. The minimum atomic E-state index is 0.326. The summed E-state index contributed by atoms with van der Waals surface area (Å²) >= 11 is 1.72. The summed E-state index contributed by atoms with van der Waals surface area (Å²) in [5.74, 6) is 1.68. The predicted molar refractivity (Wildman–Crippen MR) is 93.5 cm³/mol. The number of aromatic nitrogens is 2. The van der Waals surface area contributed by atoms with Crippen LogP contribution < -0.4 is 10.6 Å². The number of nitrogens with one attached hydrogen (secondary N) is 2. The molecule has 0 saturated heterocycles. The molecule has 21 heavy (non-hydrogen) atoms. The standard InChI is InChI=1S/C16H26N4S/c1-6-8-18-15-19-13(17-9-7-16(3,4)5)12-10-11(2)21-14(12)20-15/h10H,6-9H2,1-5H3,(H2,17,18,19,20). The van der Waals surface area contributed by atoms with Crippen molar-refractivity contribution in [3.05, 3.63) is 10.9 Å². The van der Waals surface area contributed by atoms with Gasteiger partial charge in [-0.05, 0) is 31.2 Å². The van der Waals surface area contributed by atoms with Crippen molar-refractivity contribution in [3.8, 4) is 0 Å². The monoisotopic (exact) mass is 306 g/mol. The lowest BCUT2D eigenvalue weighted by Crippen LogP contribution is -2.14. The molecule has 2 aromatic heterocycles. The molecular weight excluding hydrogens is 280 g/mol. The molecule has 0 aliphatic rings. The smallest absolute Gasteiger partial charge is 0.226 e. The van der Waals surface area contributed by atoms with E-state index in [0.717, 1.165) is 47.9 Å². The van der Waals surface area contributed by atoms with Crippen LogP contribution in [0.2, 0.25) is 0 Å². The molecule has 0 saturated carbocycles. The largest absolute Gasteiger partial charge is 0.369 e. The van der Waals surface area contributed by atoms with Crippen LogP contribution >= 0.6 is 11.3 Å². The van der Waals surface area contributed by atoms with Crippen molar-refractivity contribution < 1.29 is 0 Å². The Morgan fingerprint density at radius 3 is 2.57 bits per heavy atom. The van der Waals surface area contributed by atoms with Gasteiger partial charge in [0.25, 0.3) is 0 Å². The molecule has 0 fully saturated rings. The second kappa shape index (κ2) is 6.60. The molecule has 0 aromatic carbocycles. The Morgan fingerprint density at radius 1 is 1.14 bits per heavy atom. The van der Waals surface area contributed by atoms with Gasteiger partial charge in [0.15, 0.2) is 0 Å². The summed E-state index contributed by atoms with van der Waals surface area (Å²) < 4.78 is 0. The van der Waals surface area contributed by atoms with E-state index in [1.165, 1.54) is 4.88 Å². The molecule has 0 bridgehead atoms. The van der Waals surface area contributed by atoms with E-state index < -0.39 is 0 Å². The van der Waals surface area contributed by atoms with E-state index in [2.05, 4.69) is 61.3 Å². The molecule has 0 radical (unpaired) electrons. The maximum atomic E-state index is 4.64. The van der Waals surface area contributed by atoms with Gasteiger partial charge in [-0.2, -0.15) is 4.98 Å². The third-order valence-electron chi connectivity index (χ3n) is 3.22. The van der Waals surface area contributed by atoms with Crippen LogP contribution in [-0.4, -0.2) is 23.1 Å². The van der Waals surface area contributed by atoms with Gasteiger partial charge in [0.2, 0.25) is 5.95 Å². The van der Waals surface area contributed by atoms with E-state index >= 15 is 0 Å². The predicted octanol–water partition coefficient (Wildman–Crippen LogP) is 4.67. The van der Waals surface area contributed by atoms with Crippen LogP contribution in [0.3, 0.4) is 0 Å². The Balaban J connectivity index is 2.22. The molecule has 0 atom stereocenters. The maximum Gasteiger partial charge on any atom is 0.226 e. The first-order chi connectivity index (χ1) is 9.89. The second-order valence-electron chi connectivity index (χ2n) is 6.64. The van der Waals surface area contributed by atoms with Gasteiger partial charge in [0, 0.05) is 18.0 Å². The van der Waals surface area contributed by atoms with Gasteiger partial charge in [0.05, 0.1) is 5.39 Å². The highest BCUT2D eigenvalue weighted by molar-refractivity contribution is 7.18.